The molecule has 4 rings (SSSR count). The summed E-state index contributed by atoms with van der Waals surface area (Å²) in [6, 6.07) is 16.2. The minimum atomic E-state index is -3.60. The Hall–Kier alpha value is -2.69. The van der Waals surface area contributed by atoms with Crippen LogP contribution in [0.25, 0.3) is 0 Å². The van der Waals surface area contributed by atoms with Crippen molar-refractivity contribution in [3.63, 3.8) is 0 Å². The van der Waals surface area contributed by atoms with Gasteiger partial charge in [0.05, 0.1) is 16.5 Å². The average molecular weight is 410 g/mol. The van der Waals surface area contributed by atoms with Crippen LogP contribution in [0.1, 0.15) is 29.5 Å². The zero-order chi connectivity index (χ0) is 20.4. The number of rotatable bonds is 3. The van der Waals surface area contributed by atoms with E-state index < -0.39 is 10.0 Å². The van der Waals surface area contributed by atoms with E-state index in [9.17, 15) is 13.2 Å². The van der Waals surface area contributed by atoms with Crippen molar-refractivity contribution in [2.45, 2.75) is 30.7 Å². The second kappa shape index (κ2) is 7.97. The van der Waals surface area contributed by atoms with Gasteiger partial charge in [0.2, 0.25) is 15.9 Å². The van der Waals surface area contributed by atoms with E-state index in [4.69, 9.17) is 5.26 Å². The smallest absolute Gasteiger partial charge is 0.243 e. The second-order valence-electron chi connectivity index (χ2n) is 7.59. The molecule has 0 N–H and O–H groups in total. The zero-order valence-electron chi connectivity index (χ0n) is 16.1. The first-order valence-corrected chi connectivity index (χ1v) is 11.3. The van der Waals surface area contributed by atoms with Crippen molar-refractivity contribution in [2.24, 2.45) is 5.92 Å². The molecule has 2 aliphatic heterocycles. The molecule has 2 aromatic carbocycles. The number of nitriles is 1. The van der Waals surface area contributed by atoms with Gasteiger partial charge in [-0.25, -0.2) is 8.42 Å². The van der Waals surface area contributed by atoms with Gasteiger partial charge in [-0.1, -0.05) is 24.3 Å². The Morgan fingerprint density at radius 3 is 2.28 bits per heavy atom. The molecule has 0 aromatic heterocycles. The van der Waals surface area contributed by atoms with Crippen LogP contribution in [0.2, 0.25) is 0 Å². The molecule has 1 fully saturated rings. The van der Waals surface area contributed by atoms with Crippen LogP contribution in [-0.4, -0.2) is 43.2 Å². The number of hydrogen-bond donors (Lipinski definition) is 0. The maximum atomic E-state index is 13.0. The monoisotopic (exact) mass is 409 g/mol. The fourth-order valence-corrected chi connectivity index (χ4v) is 5.61. The largest absolute Gasteiger partial charge is 0.338 e. The molecule has 0 saturated carbocycles. The van der Waals surface area contributed by atoms with Gasteiger partial charge in [0.25, 0.3) is 0 Å². The molecule has 0 unspecified atom stereocenters. The van der Waals surface area contributed by atoms with Crippen molar-refractivity contribution >= 4 is 15.9 Å². The van der Waals surface area contributed by atoms with Crippen LogP contribution in [-0.2, 0) is 27.8 Å². The van der Waals surface area contributed by atoms with Crippen molar-refractivity contribution in [1.82, 2.24) is 9.21 Å². The summed E-state index contributed by atoms with van der Waals surface area (Å²) in [5.41, 5.74) is 2.93. The number of piperidine rings is 1. The minimum absolute atomic E-state index is 0.132. The van der Waals surface area contributed by atoms with Crippen molar-refractivity contribution in [2.75, 3.05) is 19.6 Å². The number of hydrogen-bond acceptors (Lipinski definition) is 4. The highest BCUT2D eigenvalue weighted by atomic mass is 32.2. The van der Waals surface area contributed by atoms with Crippen molar-refractivity contribution < 1.29 is 13.2 Å². The first-order chi connectivity index (χ1) is 14.0. The molecule has 2 aliphatic rings. The quantitative estimate of drug-likeness (QED) is 0.780. The van der Waals surface area contributed by atoms with E-state index in [1.807, 2.05) is 23.1 Å². The van der Waals surface area contributed by atoms with Gasteiger partial charge >= 0.3 is 0 Å². The van der Waals surface area contributed by atoms with Crippen LogP contribution >= 0.6 is 0 Å². The molecule has 29 heavy (non-hydrogen) atoms. The number of sulfonamides is 1. The molecular weight excluding hydrogens is 386 g/mol. The molecule has 6 nitrogen and oxygen atoms in total. The molecule has 2 aromatic rings. The summed E-state index contributed by atoms with van der Waals surface area (Å²) in [7, 11) is -3.60. The number of carbonyl (C=O) groups is 1. The number of amides is 1. The molecule has 0 radical (unpaired) electrons. The summed E-state index contributed by atoms with van der Waals surface area (Å²) in [6.07, 6.45) is 1.94. The Morgan fingerprint density at radius 2 is 1.62 bits per heavy atom. The highest BCUT2D eigenvalue weighted by molar-refractivity contribution is 7.89. The summed E-state index contributed by atoms with van der Waals surface area (Å²) in [6.45, 7) is 2.03. The molecule has 1 saturated heterocycles. The predicted molar refractivity (Wildman–Crippen MR) is 108 cm³/mol. The van der Waals surface area contributed by atoms with Gasteiger partial charge in [0, 0.05) is 32.1 Å². The molecule has 0 spiro atoms. The third-order valence-electron chi connectivity index (χ3n) is 5.87. The lowest BCUT2D eigenvalue weighted by molar-refractivity contribution is -0.137. The fourth-order valence-electron chi connectivity index (χ4n) is 4.14. The molecule has 0 bridgehead atoms. The van der Waals surface area contributed by atoms with E-state index in [0.717, 1.165) is 13.0 Å². The van der Waals surface area contributed by atoms with Gasteiger partial charge in [-0.15, -0.1) is 0 Å². The summed E-state index contributed by atoms with van der Waals surface area (Å²) < 4.78 is 27.1. The number of carbonyl (C=O) groups excluding carboxylic acids is 1. The van der Waals surface area contributed by atoms with E-state index >= 15 is 0 Å². The second-order valence-corrected chi connectivity index (χ2v) is 9.53. The summed E-state index contributed by atoms with van der Waals surface area (Å²) in [5, 5.41) is 8.88. The highest BCUT2D eigenvalue weighted by Gasteiger charge is 2.34. The van der Waals surface area contributed by atoms with Gasteiger partial charge in [-0.3, -0.25) is 4.79 Å². The summed E-state index contributed by atoms with van der Waals surface area (Å²) in [4.78, 5) is 15.1. The highest BCUT2D eigenvalue weighted by Crippen LogP contribution is 2.27. The molecule has 150 valence electrons. The van der Waals surface area contributed by atoms with Crippen LogP contribution < -0.4 is 0 Å². The number of benzene rings is 2. The van der Waals surface area contributed by atoms with Crippen LogP contribution in [0, 0.1) is 17.2 Å². The van der Waals surface area contributed by atoms with E-state index in [1.54, 1.807) is 0 Å². The first-order valence-electron chi connectivity index (χ1n) is 9.85. The first kappa shape index (κ1) is 19.6. The van der Waals surface area contributed by atoms with Gasteiger partial charge in [0.1, 0.15) is 0 Å². The van der Waals surface area contributed by atoms with Crippen LogP contribution in [0.4, 0.5) is 0 Å². The van der Waals surface area contributed by atoms with Crippen molar-refractivity contribution in [3.05, 3.63) is 65.2 Å². The maximum absolute atomic E-state index is 13.0. The van der Waals surface area contributed by atoms with Crippen molar-refractivity contribution in [1.29, 1.82) is 5.26 Å². The summed E-state index contributed by atoms with van der Waals surface area (Å²) in [5.74, 6) is 0.00241. The topological polar surface area (TPSA) is 81.5 Å². The van der Waals surface area contributed by atoms with Crippen LogP contribution in [0.15, 0.2) is 53.4 Å². The van der Waals surface area contributed by atoms with Gasteiger partial charge < -0.3 is 4.90 Å². The SMILES string of the molecule is N#Cc1ccc(S(=O)(=O)N2CCC(C(=O)N3CCc4ccccc4C3)CC2)cc1. The Balaban J connectivity index is 1.39. The molecule has 0 aliphatic carbocycles. The minimum Gasteiger partial charge on any atom is -0.338 e. The standard InChI is InChI=1S/C22H23N3O3S/c23-15-17-5-7-21(8-6-17)29(27,28)25-13-10-19(11-14-25)22(26)24-12-9-18-3-1-2-4-20(18)16-24/h1-8,19H,9-14,16H2. The molecular formula is C22H23N3O3S. The average Bonchev–Trinajstić information content (AvgIpc) is 2.78. The Kier molecular flexibility index (Phi) is 5.39. The third-order valence-corrected chi connectivity index (χ3v) is 7.78. The maximum Gasteiger partial charge on any atom is 0.243 e. The van der Waals surface area contributed by atoms with Gasteiger partial charge in [-0.05, 0) is 54.7 Å². The van der Waals surface area contributed by atoms with E-state index in [2.05, 4.69) is 12.1 Å². The van der Waals surface area contributed by atoms with Crippen LogP contribution in [0.3, 0.4) is 0 Å². The lowest BCUT2D eigenvalue weighted by Gasteiger charge is -2.35. The fraction of sp³-hybridized carbons (Fsp3) is 0.364. The molecule has 1 amide bonds. The summed E-state index contributed by atoms with van der Waals surface area (Å²) >= 11 is 0. The predicted octanol–water partition coefficient (Wildman–Crippen LogP) is 2.54. The zero-order valence-corrected chi connectivity index (χ0v) is 16.9. The number of fused-ring (bicyclic) bond motifs is 1. The Morgan fingerprint density at radius 1 is 0.966 bits per heavy atom. The van der Waals surface area contributed by atoms with Crippen LogP contribution in [0.5, 0.6) is 0 Å². The molecule has 7 heteroatoms. The normalized spacial score (nSPS) is 18.1. The lowest BCUT2D eigenvalue weighted by Crippen LogP contribution is -2.45. The third kappa shape index (κ3) is 3.91. The van der Waals surface area contributed by atoms with E-state index in [0.29, 0.717) is 38.0 Å². The van der Waals surface area contributed by atoms with Gasteiger partial charge in [-0.2, -0.15) is 9.57 Å². The lowest BCUT2D eigenvalue weighted by atomic mass is 9.94. The molecule has 0 atom stereocenters. The Labute approximate surface area is 171 Å². The van der Waals surface area contributed by atoms with Crippen molar-refractivity contribution in [3.8, 4) is 6.07 Å². The van der Waals surface area contributed by atoms with Gasteiger partial charge in [0.15, 0.2) is 0 Å². The molecule has 2 heterocycles. The van der Waals surface area contributed by atoms with E-state index in [-0.39, 0.29) is 16.7 Å². The number of nitrogens with zero attached hydrogens (tertiary/aromatic N) is 3. The Bertz CT molecular complexity index is 1050. The van der Waals surface area contributed by atoms with E-state index in [1.165, 1.54) is 39.7 Å².